The van der Waals surface area contributed by atoms with Crippen molar-refractivity contribution in [2.75, 3.05) is 25.5 Å². The van der Waals surface area contributed by atoms with Gasteiger partial charge in [0, 0.05) is 20.2 Å². The summed E-state index contributed by atoms with van der Waals surface area (Å²) in [7, 11) is 1.71. The van der Waals surface area contributed by atoms with E-state index in [1.807, 2.05) is 0 Å². The van der Waals surface area contributed by atoms with Gasteiger partial charge in [-0.25, -0.2) is 9.18 Å². The molecule has 0 saturated carbocycles. The minimum Gasteiger partial charge on any atom is -0.378 e. The average Bonchev–Trinajstić information content (AvgIpc) is 2.96. The molecule has 0 bridgehead atoms. The predicted molar refractivity (Wildman–Crippen MR) is 81.3 cm³/mol. The Morgan fingerprint density at radius 2 is 2.38 bits per heavy atom. The Morgan fingerprint density at radius 3 is 3.10 bits per heavy atom. The number of nitrogens with one attached hydrogen (secondary N) is 1. The predicted octanol–water partition coefficient (Wildman–Crippen LogP) is 3.90. The fourth-order valence-electron chi connectivity index (χ4n) is 2.33. The van der Waals surface area contributed by atoms with Gasteiger partial charge in [-0.2, -0.15) is 0 Å². The minimum absolute atomic E-state index is 0.285. The van der Waals surface area contributed by atoms with Crippen molar-refractivity contribution in [1.29, 1.82) is 0 Å². The topological polar surface area (TPSA) is 41.6 Å². The van der Waals surface area contributed by atoms with Crippen molar-refractivity contribution in [2.24, 2.45) is 0 Å². The summed E-state index contributed by atoms with van der Waals surface area (Å²) >= 11 is 5.92. The van der Waals surface area contributed by atoms with Gasteiger partial charge in [0.05, 0.1) is 16.8 Å². The third-order valence-corrected chi connectivity index (χ3v) is 3.89. The monoisotopic (exact) mass is 314 g/mol. The van der Waals surface area contributed by atoms with E-state index in [-0.39, 0.29) is 11.7 Å². The molecule has 0 aromatic heterocycles. The Labute approximate surface area is 129 Å². The van der Waals surface area contributed by atoms with Crippen LogP contribution in [-0.4, -0.2) is 37.2 Å². The molecule has 0 unspecified atom stereocenters. The summed E-state index contributed by atoms with van der Waals surface area (Å²) in [6, 6.07) is 3.59. The van der Waals surface area contributed by atoms with Crippen LogP contribution in [0.2, 0.25) is 5.02 Å². The molecule has 1 aromatic carbocycles. The van der Waals surface area contributed by atoms with Crippen LogP contribution in [0.3, 0.4) is 0 Å². The van der Waals surface area contributed by atoms with E-state index in [4.69, 9.17) is 16.3 Å². The molecule has 0 aliphatic carbocycles. The van der Waals surface area contributed by atoms with Crippen molar-refractivity contribution in [2.45, 2.75) is 31.8 Å². The molecule has 1 fully saturated rings. The molecule has 1 aliphatic heterocycles. The fraction of sp³-hybridized carbons (Fsp3) is 0.533. The Hall–Kier alpha value is -1.33. The molecule has 2 rings (SSSR count). The molecule has 21 heavy (non-hydrogen) atoms. The van der Waals surface area contributed by atoms with Crippen molar-refractivity contribution in [3.63, 3.8) is 0 Å². The number of ether oxygens (including phenoxy) is 1. The van der Waals surface area contributed by atoms with Crippen LogP contribution < -0.4 is 5.32 Å². The van der Waals surface area contributed by atoms with Crippen LogP contribution in [0.4, 0.5) is 14.9 Å². The quantitative estimate of drug-likeness (QED) is 0.895. The zero-order valence-corrected chi connectivity index (χ0v) is 12.8. The van der Waals surface area contributed by atoms with Gasteiger partial charge in [-0.15, -0.1) is 0 Å². The molecule has 2 amide bonds. The third kappa shape index (κ3) is 4.86. The molecule has 116 valence electrons. The summed E-state index contributed by atoms with van der Waals surface area (Å²) in [5, 5.41) is 2.93. The second-order valence-corrected chi connectivity index (χ2v) is 5.66. The van der Waals surface area contributed by atoms with Gasteiger partial charge in [0.25, 0.3) is 0 Å². The van der Waals surface area contributed by atoms with Crippen molar-refractivity contribution >= 4 is 23.3 Å². The molecule has 1 aliphatic rings. The molecule has 0 spiro atoms. The number of hydrogen-bond acceptors (Lipinski definition) is 2. The first-order chi connectivity index (χ1) is 10.1. The lowest BCUT2D eigenvalue weighted by Gasteiger charge is -2.19. The summed E-state index contributed by atoms with van der Waals surface area (Å²) in [6.45, 7) is 1.47. The molecular weight excluding hydrogens is 295 g/mol. The molecule has 1 heterocycles. The number of amides is 2. The van der Waals surface area contributed by atoms with Crippen LogP contribution in [0.5, 0.6) is 0 Å². The molecular formula is C15H20ClFN2O2. The smallest absolute Gasteiger partial charge is 0.321 e. The van der Waals surface area contributed by atoms with E-state index in [0.717, 1.165) is 32.3 Å². The maximum Gasteiger partial charge on any atom is 0.321 e. The highest BCUT2D eigenvalue weighted by molar-refractivity contribution is 6.33. The second-order valence-electron chi connectivity index (χ2n) is 5.25. The van der Waals surface area contributed by atoms with Crippen molar-refractivity contribution in [1.82, 2.24) is 4.90 Å². The summed E-state index contributed by atoms with van der Waals surface area (Å²) in [5.74, 6) is -0.435. The van der Waals surface area contributed by atoms with E-state index in [1.54, 1.807) is 11.9 Å². The molecule has 1 atom stereocenters. The van der Waals surface area contributed by atoms with Gasteiger partial charge in [0.1, 0.15) is 5.82 Å². The summed E-state index contributed by atoms with van der Waals surface area (Å²) in [5.41, 5.74) is 0.285. The van der Waals surface area contributed by atoms with Crippen LogP contribution in [0.15, 0.2) is 18.2 Å². The highest BCUT2D eigenvalue weighted by atomic mass is 35.5. The normalized spacial score (nSPS) is 17.8. The van der Waals surface area contributed by atoms with E-state index in [2.05, 4.69) is 5.32 Å². The highest BCUT2D eigenvalue weighted by Crippen LogP contribution is 2.22. The van der Waals surface area contributed by atoms with Gasteiger partial charge < -0.3 is 15.0 Å². The Kier molecular flexibility index (Phi) is 5.82. The van der Waals surface area contributed by atoms with Crippen molar-refractivity contribution in [3.8, 4) is 0 Å². The number of urea groups is 1. The van der Waals surface area contributed by atoms with E-state index in [0.29, 0.717) is 17.7 Å². The molecule has 4 nitrogen and oxygen atoms in total. The number of carbonyl (C=O) groups excluding carboxylic acids is 1. The number of halogens is 2. The number of carbonyl (C=O) groups is 1. The molecule has 0 radical (unpaired) electrons. The Morgan fingerprint density at radius 1 is 1.57 bits per heavy atom. The SMILES string of the molecule is CN(CCC[C@H]1CCCO1)C(=O)Nc1cc(F)ccc1Cl. The van der Waals surface area contributed by atoms with Crippen LogP contribution in [-0.2, 0) is 4.74 Å². The first kappa shape index (κ1) is 16.0. The maximum atomic E-state index is 13.1. The van der Waals surface area contributed by atoms with Crippen LogP contribution in [0, 0.1) is 5.82 Å². The number of nitrogens with zero attached hydrogens (tertiary/aromatic N) is 1. The number of rotatable bonds is 5. The lowest BCUT2D eigenvalue weighted by atomic mass is 10.1. The number of hydrogen-bond donors (Lipinski definition) is 1. The number of benzene rings is 1. The fourth-order valence-corrected chi connectivity index (χ4v) is 2.50. The number of anilines is 1. The lowest BCUT2D eigenvalue weighted by molar-refractivity contribution is 0.101. The van der Waals surface area contributed by atoms with E-state index in [1.165, 1.54) is 18.2 Å². The van der Waals surface area contributed by atoms with Gasteiger partial charge in [0.15, 0.2) is 0 Å². The van der Waals surface area contributed by atoms with Crippen LogP contribution in [0.1, 0.15) is 25.7 Å². The van der Waals surface area contributed by atoms with Crippen LogP contribution in [0.25, 0.3) is 0 Å². The first-order valence-electron chi connectivity index (χ1n) is 7.15. The van der Waals surface area contributed by atoms with E-state index in [9.17, 15) is 9.18 Å². The van der Waals surface area contributed by atoms with Crippen molar-refractivity contribution < 1.29 is 13.9 Å². The van der Waals surface area contributed by atoms with Crippen LogP contribution >= 0.6 is 11.6 Å². The minimum atomic E-state index is -0.435. The Bertz CT molecular complexity index is 493. The molecule has 1 saturated heterocycles. The maximum absolute atomic E-state index is 13.1. The van der Waals surface area contributed by atoms with E-state index < -0.39 is 5.82 Å². The summed E-state index contributed by atoms with van der Waals surface area (Å²) in [4.78, 5) is 13.6. The van der Waals surface area contributed by atoms with Gasteiger partial charge >= 0.3 is 6.03 Å². The first-order valence-corrected chi connectivity index (χ1v) is 7.53. The van der Waals surface area contributed by atoms with Gasteiger partial charge in [0.2, 0.25) is 0 Å². The highest BCUT2D eigenvalue weighted by Gasteiger charge is 2.16. The van der Waals surface area contributed by atoms with Gasteiger partial charge in [-0.3, -0.25) is 0 Å². The molecule has 1 aromatic rings. The largest absolute Gasteiger partial charge is 0.378 e. The van der Waals surface area contributed by atoms with Gasteiger partial charge in [-0.1, -0.05) is 11.6 Å². The standard InChI is InChI=1S/C15H20ClFN2O2/c1-19(8-2-4-12-5-3-9-21-12)15(20)18-14-10-11(17)6-7-13(14)16/h6-7,10,12H,2-5,8-9H2,1H3,(H,18,20)/t12-/m0/s1. The third-order valence-electron chi connectivity index (χ3n) is 3.56. The molecule has 1 N–H and O–H groups in total. The lowest BCUT2D eigenvalue weighted by Crippen LogP contribution is -2.32. The van der Waals surface area contributed by atoms with Gasteiger partial charge in [-0.05, 0) is 43.9 Å². The van der Waals surface area contributed by atoms with Crippen molar-refractivity contribution in [3.05, 3.63) is 29.0 Å². The second kappa shape index (κ2) is 7.61. The Balaban J connectivity index is 1.77. The summed E-state index contributed by atoms with van der Waals surface area (Å²) in [6.07, 6.45) is 4.40. The zero-order chi connectivity index (χ0) is 15.2. The zero-order valence-electron chi connectivity index (χ0n) is 12.1. The van der Waals surface area contributed by atoms with E-state index >= 15 is 0 Å². The average molecular weight is 315 g/mol. The molecule has 6 heteroatoms. The summed E-state index contributed by atoms with van der Waals surface area (Å²) < 4.78 is 18.7.